The summed E-state index contributed by atoms with van der Waals surface area (Å²) in [7, 11) is -4.37. The molecule has 1 aromatic rings. The van der Waals surface area contributed by atoms with Gasteiger partial charge in [-0.1, -0.05) is 0 Å². The van der Waals surface area contributed by atoms with E-state index < -0.39 is 20.8 Å². The molecule has 0 aliphatic heterocycles. The summed E-state index contributed by atoms with van der Waals surface area (Å²) in [6, 6.07) is 3.61. The van der Waals surface area contributed by atoms with Crippen LogP contribution in [0.4, 0.5) is 5.69 Å². The molecule has 0 spiro atoms. The van der Waals surface area contributed by atoms with Crippen LogP contribution in [0, 0.1) is 0 Å². The Kier molecular flexibility index (Phi) is 4.56. The summed E-state index contributed by atoms with van der Waals surface area (Å²) in [6.07, 6.45) is 0. The van der Waals surface area contributed by atoms with Crippen molar-refractivity contribution in [3.05, 3.63) is 23.8 Å². The largest absolute Gasteiger partial charge is 0.399 e. The molecule has 0 heterocycles. The van der Waals surface area contributed by atoms with Gasteiger partial charge in [-0.3, -0.25) is 9.35 Å². The quantitative estimate of drug-likeness (QED) is 0.325. The van der Waals surface area contributed by atoms with Crippen molar-refractivity contribution in [3.8, 4) is 0 Å². The Morgan fingerprint density at radius 3 is 2.33 bits per heavy atom. The van der Waals surface area contributed by atoms with E-state index in [1.165, 1.54) is 19.1 Å². The normalized spacial score (nSPS) is 10.5. The van der Waals surface area contributed by atoms with E-state index in [1.807, 2.05) is 0 Å². The van der Waals surface area contributed by atoms with Crippen LogP contribution in [0.1, 0.15) is 17.3 Å². The van der Waals surface area contributed by atoms with Gasteiger partial charge in [0, 0.05) is 30.1 Å². The average molecular weight is 222 g/mol. The monoisotopic (exact) mass is 222 g/mol. The molecule has 3 N–H and O–H groups in total. The zero-order valence-electron chi connectivity index (χ0n) is 8.39. The number of hydrogen-bond donors (Lipinski definition) is 2. The zero-order chi connectivity index (χ0) is 10.9. The van der Waals surface area contributed by atoms with E-state index in [4.69, 9.17) is 10.3 Å². The third-order valence-electron chi connectivity index (χ3n) is 1.66. The molecule has 0 saturated carbocycles. The minimum atomic E-state index is -4.37. The smallest absolute Gasteiger partial charge is 0.295 e. The van der Waals surface area contributed by atoms with E-state index in [0.717, 1.165) is 6.07 Å². The number of benzene rings is 1. The van der Waals surface area contributed by atoms with Crippen LogP contribution in [0.15, 0.2) is 23.1 Å². The van der Waals surface area contributed by atoms with Crippen molar-refractivity contribution in [2.45, 2.75) is 11.8 Å². The second-order valence-corrected chi connectivity index (χ2v) is 4.18. The van der Waals surface area contributed by atoms with Crippen molar-refractivity contribution >= 4 is 40.4 Å². The van der Waals surface area contributed by atoms with E-state index in [0.29, 0.717) is 0 Å². The minimum absolute atomic E-state index is 0. The maximum atomic E-state index is 11.0. The fourth-order valence-electron chi connectivity index (χ4n) is 1.05. The maximum absolute atomic E-state index is 11.0. The van der Waals surface area contributed by atoms with E-state index in [-0.39, 0.29) is 30.1 Å². The van der Waals surface area contributed by atoms with Gasteiger partial charge in [0.2, 0.25) is 0 Å². The van der Waals surface area contributed by atoms with E-state index in [2.05, 4.69) is 0 Å². The summed E-state index contributed by atoms with van der Waals surface area (Å²) in [6.45, 7) is 1.20. The second-order valence-electron chi connectivity index (χ2n) is 2.79. The van der Waals surface area contributed by atoms with Crippen molar-refractivity contribution in [2.24, 2.45) is 0 Å². The van der Waals surface area contributed by atoms with Crippen LogP contribution in [0.3, 0.4) is 0 Å². The second kappa shape index (κ2) is 4.81. The molecule has 0 fully saturated rings. The summed E-state index contributed by atoms with van der Waals surface area (Å²) in [4.78, 5) is 10.6. The van der Waals surface area contributed by atoms with Gasteiger partial charge in [0.05, 0.1) is 0 Å². The molecular weight excluding hydrogens is 213 g/mol. The molecular formula is C8H9LiNO4S. The van der Waals surface area contributed by atoms with Crippen LogP contribution >= 0.6 is 0 Å². The summed E-state index contributed by atoms with van der Waals surface area (Å²) in [5.41, 5.74) is 5.54. The van der Waals surface area contributed by atoms with Crippen LogP contribution in [0.2, 0.25) is 0 Å². The summed E-state index contributed by atoms with van der Waals surface area (Å²) in [5.74, 6) is -0.468. The van der Waals surface area contributed by atoms with Gasteiger partial charge in [0.1, 0.15) is 4.90 Å². The van der Waals surface area contributed by atoms with Gasteiger partial charge in [0.15, 0.2) is 5.78 Å². The first-order chi connectivity index (χ1) is 6.32. The summed E-state index contributed by atoms with van der Waals surface area (Å²) >= 11 is 0. The number of anilines is 1. The molecule has 0 aromatic heterocycles. The number of carbonyl (C=O) groups excluding carboxylic acids is 1. The Hall–Kier alpha value is -0.803. The number of rotatable bonds is 2. The number of ketones is 1. The van der Waals surface area contributed by atoms with Crippen molar-refractivity contribution < 1.29 is 17.8 Å². The first kappa shape index (κ1) is 14.2. The first-order valence-electron chi connectivity index (χ1n) is 3.70. The SMILES string of the molecule is CC(=O)c1cc(N)ccc1S(=O)(=O)O.[Li]. The fraction of sp³-hybridized carbons (Fsp3) is 0.125. The molecule has 0 atom stereocenters. The number of nitrogen functional groups attached to an aromatic ring is 1. The van der Waals surface area contributed by atoms with E-state index in [1.54, 1.807) is 0 Å². The fourth-order valence-corrected chi connectivity index (χ4v) is 1.77. The number of carbonyl (C=O) groups is 1. The Morgan fingerprint density at radius 2 is 1.93 bits per heavy atom. The van der Waals surface area contributed by atoms with Crippen LogP contribution in [0.5, 0.6) is 0 Å². The Morgan fingerprint density at radius 1 is 1.40 bits per heavy atom. The molecule has 0 amide bonds. The molecule has 0 bridgehead atoms. The van der Waals surface area contributed by atoms with Gasteiger partial charge < -0.3 is 5.73 Å². The molecule has 0 unspecified atom stereocenters. The minimum Gasteiger partial charge on any atom is -0.399 e. The third-order valence-corrected chi connectivity index (χ3v) is 2.57. The Labute approximate surface area is 99.6 Å². The molecule has 0 aliphatic rings. The number of Topliss-reactive ketones (excluding diaryl/α,β-unsaturated/α-hetero) is 1. The van der Waals surface area contributed by atoms with Crippen LogP contribution < -0.4 is 5.73 Å². The molecule has 1 radical (unpaired) electrons. The zero-order valence-corrected chi connectivity index (χ0v) is 9.21. The molecule has 0 aliphatic carbocycles. The van der Waals surface area contributed by atoms with E-state index in [9.17, 15) is 13.2 Å². The van der Waals surface area contributed by atoms with Gasteiger partial charge in [-0.15, -0.1) is 0 Å². The standard InChI is InChI=1S/C8H9NO4S.Li/c1-5(10)7-4-6(9)2-3-8(7)14(11,12)13;/h2-4H,9H2,1H3,(H,11,12,13);. The van der Waals surface area contributed by atoms with Gasteiger partial charge in [-0.2, -0.15) is 8.42 Å². The molecule has 77 valence electrons. The van der Waals surface area contributed by atoms with Gasteiger partial charge in [0.25, 0.3) is 10.1 Å². The predicted molar refractivity (Wildman–Crippen MR) is 56.4 cm³/mol. The Balaban J connectivity index is 0.00000196. The van der Waals surface area contributed by atoms with Crippen molar-refractivity contribution in [3.63, 3.8) is 0 Å². The van der Waals surface area contributed by atoms with Crippen LogP contribution in [-0.4, -0.2) is 37.6 Å². The average Bonchev–Trinajstić information content (AvgIpc) is 2.01. The predicted octanol–water partition coefficient (Wildman–Crippen LogP) is 0.337. The molecule has 7 heteroatoms. The van der Waals surface area contributed by atoms with Gasteiger partial charge in [-0.05, 0) is 25.1 Å². The van der Waals surface area contributed by atoms with Crippen LogP contribution in [0.25, 0.3) is 0 Å². The van der Waals surface area contributed by atoms with Crippen LogP contribution in [-0.2, 0) is 10.1 Å². The number of nitrogens with two attached hydrogens (primary N) is 1. The molecule has 1 aromatic carbocycles. The first-order valence-corrected chi connectivity index (χ1v) is 5.14. The molecule has 5 nitrogen and oxygen atoms in total. The molecule has 15 heavy (non-hydrogen) atoms. The van der Waals surface area contributed by atoms with Crippen molar-refractivity contribution in [2.75, 3.05) is 5.73 Å². The third kappa shape index (κ3) is 3.36. The van der Waals surface area contributed by atoms with Crippen molar-refractivity contribution in [1.82, 2.24) is 0 Å². The Bertz CT molecular complexity index is 483. The van der Waals surface area contributed by atoms with E-state index >= 15 is 0 Å². The summed E-state index contributed by atoms with van der Waals surface area (Å²) < 4.78 is 30.5. The molecule has 0 saturated heterocycles. The van der Waals surface area contributed by atoms with Crippen molar-refractivity contribution in [1.29, 1.82) is 0 Å². The topological polar surface area (TPSA) is 97.5 Å². The maximum Gasteiger partial charge on any atom is 0.295 e. The summed E-state index contributed by atoms with van der Waals surface area (Å²) in [5, 5.41) is 0. The van der Waals surface area contributed by atoms with Gasteiger partial charge in [-0.25, -0.2) is 0 Å². The van der Waals surface area contributed by atoms with Gasteiger partial charge >= 0.3 is 0 Å². The number of hydrogen-bond acceptors (Lipinski definition) is 4. The molecule has 1 rings (SSSR count).